The number of likely N-dealkylation sites (tertiary alicyclic amines) is 1. The van der Waals surface area contributed by atoms with Crippen molar-refractivity contribution in [2.45, 2.75) is 45.6 Å². The summed E-state index contributed by atoms with van der Waals surface area (Å²) in [6.07, 6.45) is 5.31. The number of fused-ring (bicyclic) bond motifs is 1. The number of aromatic nitrogens is 2. The molecule has 0 saturated carbocycles. The first-order valence-corrected chi connectivity index (χ1v) is 11.3. The summed E-state index contributed by atoms with van der Waals surface area (Å²) in [5, 5.41) is 1.14. The molecule has 0 N–H and O–H groups in total. The molecule has 5 heteroatoms. The van der Waals surface area contributed by atoms with E-state index in [1.54, 1.807) is 0 Å². The Morgan fingerprint density at radius 1 is 1.10 bits per heavy atom. The smallest absolute Gasteiger partial charge is 0.227 e. The maximum absolute atomic E-state index is 13.1. The number of para-hydroxylation sites is 1. The fourth-order valence-electron chi connectivity index (χ4n) is 4.66. The molecular weight excluding hydrogens is 384 g/mol. The third-order valence-electron chi connectivity index (χ3n) is 6.72. The van der Waals surface area contributed by atoms with Gasteiger partial charge in [-0.3, -0.25) is 14.8 Å². The van der Waals surface area contributed by atoms with Crippen LogP contribution in [0.3, 0.4) is 0 Å². The lowest BCUT2D eigenvalue weighted by Crippen LogP contribution is -2.46. The largest absolute Gasteiger partial charge is 0.342 e. The zero-order valence-corrected chi connectivity index (χ0v) is 18.8. The minimum absolute atomic E-state index is 0.190. The lowest BCUT2D eigenvalue weighted by molar-refractivity contribution is -0.132. The molecular formula is C26H32N4O. The van der Waals surface area contributed by atoms with Gasteiger partial charge in [0.15, 0.2) is 0 Å². The van der Waals surface area contributed by atoms with E-state index in [0.717, 1.165) is 66.8 Å². The highest BCUT2D eigenvalue weighted by molar-refractivity contribution is 5.86. The average Bonchev–Trinajstić information content (AvgIpc) is 2.81. The molecule has 4 rings (SSSR count). The standard InChI is InChI=1S/C26H32N4O/c1-19-23-9-4-5-10-25(23)28-20(2)24(19)18-26(31)29(3)22-12-16-30(17-13-22)15-11-21-8-6-7-14-27-21/h4-10,14,22H,11-13,15-18H2,1-3H3. The van der Waals surface area contributed by atoms with Crippen molar-refractivity contribution >= 4 is 16.8 Å². The quantitative estimate of drug-likeness (QED) is 0.610. The SMILES string of the molecule is Cc1nc2ccccc2c(C)c1CC(=O)N(C)C1CCN(CCc2ccccn2)CC1. The lowest BCUT2D eigenvalue weighted by Gasteiger charge is -2.37. The van der Waals surface area contributed by atoms with E-state index in [9.17, 15) is 4.79 Å². The van der Waals surface area contributed by atoms with Crippen LogP contribution >= 0.6 is 0 Å². The van der Waals surface area contributed by atoms with Crippen LogP contribution < -0.4 is 0 Å². The summed E-state index contributed by atoms with van der Waals surface area (Å²) in [6.45, 7) is 7.22. The number of nitrogens with zero attached hydrogens (tertiary/aromatic N) is 4. The zero-order chi connectivity index (χ0) is 21.8. The highest BCUT2D eigenvalue weighted by atomic mass is 16.2. The lowest BCUT2D eigenvalue weighted by atomic mass is 9.98. The molecule has 3 heterocycles. The van der Waals surface area contributed by atoms with Gasteiger partial charge in [0.05, 0.1) is 11.9 Å². The van der Waals surface area contributed by atoms with Gasteiger partial charge in [-0.25, -0.2) is 0 Å². The van der Waals surface area contributed by atoms with Gasteiger partial charge in [0, 0.05) is 62.1 Å². The molecule has 0 aliphatic carbocycles. The van der Waals surface area contributed by atoms with Gasteiger partial charge in [-0.15, -0.1) is 0 Å². The summed E-state index contributed by atoms with van der Waals surface area (Å²) in [5.41, 5.74) is 5.35. The summed E-state index contributed by atoms with van der Waals surface area (Å²) in [5.74, 6) is 0.190. The Hall–Kier alpha value is -2.79. The number of benzene rings is 1. The molecule has 0 atom stereocenters. The predicted molar refractivity (Wildman–Crippen MR) is 125 cm³/mol. The Kier molecular flexibility index (Phi) is 6.62. The molecule has 0 unspecified atom stereocenters. The van der Waals surface area contributed by atoms with Gasteiger partial charge in [0.25, 0.3) is 0 Å². The molecule has 1 fully saturated rings. The topological polar surface area (TPSA) is 49.3 Å². The zero-order valence-electron chi connectivity index (χ0n) is 18.8. The van der Waals surface area contributed by atoms with E-state index < -0.39 is 0 Å². The van der Waals surface area contributed by atoms with Crippen LogP contribution in [0, 0.1) is 13.8 Å². The van der Waals surface area contributed by atoms with E-state index in [0.29, 0.717) is 12.5 Å². The number of rotatable bonds is 6. The molecule has 2 aromatic heterocycles. The number of pyridine rings is 2. The van der Waals surface area contributed by atoms with Crippen molar-refractivity contribution < 1.29 is 4.79 Å². The van der Waals surface area contributed by atoms with Gasteiger partial charge in [-0.2, -0.15) is 0 Å². The molecule has 0 radical (unpaired) electrons. The van der Waals surface area contributed by atoms with Gasteiger partial charge in [-0.1, -0.05) is 24.3 Å². The van der Waals surface area contributed by atoms with Gasteiger partial charge in [0.1, 0.15) is 0 Å². The van der Waals surface area contributed by atoms with E-state index in [4.69, 9.17) is 4.98 Å². The number of carbonyl (C=O) groups excluding carboxylic acids is 1. The molecule has 5 nitrogen and oxygen atoms in total. The first-order chi connectivity index (χ1) is 15.0. The Morgan fingerprint density at radius 3 is 2.58 bits per heavy atom. The van der Waals surface area contributed by atoms with E-state index in [1.165, 1.54) is 5.56 Å². The van der Waals surface area contributed by atoms with E-state index in [2.05, 4.69) is 28.9 Å². The molecule has 1 amide bonds. The van der Waals surface area contributed by atoms with E-state index >= 15 is 0 Å². The highest BCUT2D eigenvalue weighted by Gasteiger charge is 2.26. The second kappa shape index (κ2) is 9.56. The minimum atomic E-state index is 0.190. The van der Waals surface area contributed by atoms with Crippen LogP contribution in [0.5, 0.6) is 0 Å². The molecule has 0 bridgehead atoms. The van der Waals surface area contributed by atoms with Crippen LogP contribution in [0.2, 0.25) is 0 Å². The molecule has 31 heavy (non-hydrogen) atoms. The Labute approximate surface area is 185 Å². The molecule has 3 aromatic rings. The first-order valence-electron chi connectivity index (χ1n) is 11.3. The maximum Gasteiger partial charge on any atom is 0.227 e. The van der Waals surface area contributed by atoms with Crippen LogP contribution in [-0.4, -0.2) is 58.4 Å². The molecule has 162 valence electrons. The van der Waals surface area contributed by atoms with Crippen LogP contribution in [-0.2, 0) is 17.6 Å². The first kappa shape index (κ1) is 21.4. The number of piperidine rings is 1. The normalized spacial score (nSPS) is 15.3. The summed E-state index contributed by atoms with van der Waals surface area (Å²) in [7, 11) is 1.97. The summed E-state index contributed by atoms with van der Waals surface area (Å²) < 4.78 is 0. The van der Waals surface area contributed by atoms with Crippen molar-refractivity contribution in [3.63, 3.8) is 0 Å². The summed E-state index contributed by atoms with van der Waals surface area (Å²) in [4.78, 5) is 26.7. The molecule has 1 aromatic carbocycles. The summed E-state index contributed by atoms with van der Waals surface area (Å²) >= 11 is 0. The summed E-state index contributed by atoms with van der Waals surface area (Å²) in [6, 6.07) is 14.6. The number of likely N-dealkylation sites (N-methyl/N-ethyl adjacent to an activating group) is 1. The predicted octanol–water partition coefficient (Wildman–Crippen LogP) is 3.95. The highest BCUT2D eigenvalue weighted by Crippen LogP contribution is 2.24. The number of amides is 1. The van der Waals surface area contributed by atoms with Crippen molar-refractivity contribution in [1.82, 2.24) is 19.8 Å². The number of hydrogen-bond donors (Lipinski definition) is 0. The van der Waals surface area contributed by atoms with Crippen molar-refractivity contribution in [3.8, 4) is 0 Å². The van der Waals surface area contributed by atoms with Gasteiger partial charge >= 0.3 is 0 Å². The Morgan fingerprint density at radius 2 is 1.84 bits per heavy atom. The second-order valence-electron chi connectivity index (χ2n) is 8.64. The molecule has 1 aliphatic rings. The molecule has 1 saturated heterocycles. The van der Waals surface area contributed by atoms with Gasteiger partial charge < -0.3 is 9.80 Å². The van der Waals surface area contributed by atoms with Crippen LogP contribution in [0.4, 0.5) is 0 Å². The third kappa shape index (κ3) is 4.93. The molecule has 0 spiro atoms. The van der Waals surface area contributed by atoms with Crippen molar-refractivity contribution in [2.75, 3.05) is 26.7 Å². The Bertz CT molecular complexity index is 1040. The molecule has 1 aliphatic heterocycles. The number of aryl methyl sites for hydroxylation is 2. The monoisotopic (exact) mass is 416 g/mol. The van der Waals surface area contributed by atoms with E-state index in [1.807, 2.05) is 55.4 Å². The fourth-order valence-corrected chi connectivity index (χ4v) is 4.66. The van der Waals surface area contributed by atoms with Crippen LogP contribution in [0.25, 0.3) is 10.9 Å². The van der Waals surface area contributed by atoms with Crippen LogP contribution in [0.15, 0.2) is 48.7 Å². The van der Waals surface area contributed by atoms with E-state index in [-0.39, 0.29) is 5.91 Å². The van der Waals surface area contributed by atoms with Crippen molar-refractivity contribution in [2.24, 2.45) is 0 Å². The Balaban J connectivity index is 1.34. The van der Waals surface area contributed by atoms with Gasteiger partial charge in [-0.05, 0) is 56.0 Å². The van der Waals surface area contributed by atoms with Crippen LogP contribution in [0.1, 0.15) is 35.4 Å². The van der Waals surface area contributed by atoms with Crippen molar-refractivity contribution in [1.29, 1.82) is 0 Å². The van der Waals surface area contributed by atoms with Crippen molar-refractivity contribution in [3.05, 3.63) is 71.2 Å². The second-order valence-corrected chi connectivity index (χ2v) is 8.64. The fraction of sp³-hybridized carbons (Fsp3) is 0.423. The maximum atomic E-state index is 13.1. The third-order valence-corrected chi connectivity index (χ3v) is 6.72. The minimum Gasteiger partial charge on any atom is -0.342 e. The number of carbonyl (C=O) groups is 1. The average molecular weight is 417 g/mol. The number of hydrogen-bond acceptors (Lipinski definition) is 4. The van der Waals surface area contributed by atoms with Gasteiger partial charge in [0.2, 0.25) is 5.91 Å².